The van der Waals surface area contributed by atoms with Crippen LogP contribution in [0.4, 0.5) is 5.69 Å². The van der Waals surface area contributed by atoms with Crippen molar-refractivity contribution in [2.45, 2.75) is 33.2 Å². The van der Waals surface area contributed by atoms with Crippen molar-refractivity contribution in [1.82, 2.24) is 20.4 Å². The van der Waals surface area contributed by atoms with Gasteiger partial charge in [-0.25, -0.2) is 30.3 Å². The van der Waals surface area contributed by atoms with Crippen molar-refractivity contribution in [3.05, 3.63) is 80.5 Å². The van der Waals surface area contributed by atoms with Crippen molar-refractivity contribution in [2.24, 2.45) is 4.99 Å². The van der Waals surface area contributed by atoms with Crippen LogP contribution in [0.5, 0.6) is 0 Å². The minimum Gasteiger partial charge on any atom is -0.452 e. The lowest BCUT2D eigenvalue weighted by molar-refractivity contribution is -0.102. The van der Waals surface area contributed by atoms with Gasteiger partial charge in [0.15, 0.2) is 22.8 Å². The van der Waals surface area contributed by atoms with Gasteiger partial charge in [0, 0.05) is 23.5 Å². The molecule has 3 aromatic heterocycles. The second-order valence-corrected chi connectivity index (χ2v) is 8.50. The number of hydrogen-bond donors (Lipinski definition) is 3. The van der Waals surface area contributed by atoms with E-state index >= 15 is 0 Å². The average Bonchev–Trinajstić information content (AvgIpc) is 3.29. The molecule has 3 N–H and O–H groups in total. The molecule has 1 aliphatic rings. The average molecular weight is 493 g/mol. The Morgan fingerprint density at radius 2 is 1.97 bits per heavy atom. The van der Waals surface area contributed by atoms with Gasteiger partial charge in [-0.3, -0.25) is 4.79 Å². The highest BCUT2D eigenvalue weighted by Gasteiger charge is 2.24. The van der Waals surface area contributed by atoms with Gasteiger partial charge in [0.2, 0.25) is 0 Å². The van der Waals surface area contributed by atoms with Crippen molar-refractivity contribution < 1.29 is 14.4 Å². The van der Waals surface area contributed by atoms with E-state index in [4.69, 9.17) is 20.9 Å². The third-order valence-electron chi connectivity index (χ3n) is 5.59. The highest BCUT2D eigenvalue weighted by molar-refractivity contribution is 6.29. The Labute approximate surface area is 204 Å². The van der Waals surface area contributed by atoms with Crippen LogP contribution in [0.2, 0.25) is 5.15 Å². The fourth-order valence-electron chi connectivity index (χ4n) is 3.94. The van der Waals surface area contributed by atoms with E-state index in [1.807, 2.05) is 26.0 Å². The van der Waals surface area contributed by atoms with E-state index in [0.29, 0.717) is 39.5 Å². The summed E-state index contributed by atoms with van der Waals surface area (Å²) in [6, 6.07) is 8.51. The van der Waals surface area contributed by atoms with Gasteiger partial charge < -0.3 is 14.8 Å². The Bertz CT molecular complexity index is 1520. The number of aliphatic imine (C=N–C) groups is 1. The van der Waals surface area contributed by atoms with E-state index in [1.54, 1.807) is 37.5 Å². The highest BCUT2D eigenvalue weighted by atomic mass is 35.5. The first-order valence-corrected chi connectivity index (χ1v) is 11.2. The molecule has 0 bridgehead atoms. The standard InChI is InChI=1S/C24H21ClN6O4/c1-11-9-14(13(3)28-16-5-6-17(25)29-18(16)22-30-24(33)35-31-22)21-15(10-11)19(32)12(2)20(34-21)23-26-7-4-8-27-23/h4-10,13,24,28,33H,1-3H3,(H,30,31)/t13-,24?/m1/s1. The number of rotatable bonds is 5. The van der Waals surface area contributed by atoms with E-state index in [-0.39, 0.29) is 22.5 Å². The summed E-state index contributed by atoms with van der Waals surface area (Å²) in [6.45, 7) is 5.56. The second-order valence-electron chi connectivity index (χ2n) is 8.11. The molecule has 0 aliphatic carbocycles. The monoisotopic (exact) mass is 492 g/mol. The van der Waals surface area contributed by atoms with Gasteiger partial charge in [-0.15, -0.1) is 0 Å². The zero-order valence-corrected chi connectivity index (χ0v) is 19.8. The quantitative estimate of drug-likeness (QED) is 0.357. The first kappa shape index (κ1) is 22.9. The number of hydrogen-bond acceptors (Lipinski definition) is 10. The lowest BCUT2D eigenvalue weighted by Crippen LogP contribution is -2.22. The molecule has 1 aliphatic heterocycles. The van der Waals surface area contributed by atoms with Gasteiger partial charge in [-0.05, 0) is 50.6 Å². The number of hydroxylamine groups is 1. The number of aromatic nitrogens is 3. The van der Waals surface area contributed by atoms with E-state index < -0.39 is 6.41 Å². The van der Waals surface area contributed by atoms with Crippen LogP contribution in [-0.4, -0.2) is 32.3 Å². The molecule has 0 fully saturated rings. The Balaban J connectivity index is 1.62. The molecule has 2 atom stereocenters. The van der Waals surface area contributed by atoms with Crippen molar-refractivity contribution in [1.29, 1.82) is 0 Å². The number of anilines is 1. The summed E-state index contributed by atoms with van der Waals surface area (Å²) in [5, 5.41) is 13.7. The third kappa shape index (κ3) is 4.34. The van der Waals surface area contributed by atoms with Gasteiger partial charge in [0.25, 0.3) is 6.41 Å². The molecular weight excluding hydrogens is 472 g/mol. The molecule has 10 nitrogen and oxygen atoms in total. The minimum atomic E-state index is -1.34. The van der Waals surface area contributed by atoms with Crippen LogP contribution < -0.4 is 16.2 Å². The third-order valence-corrected chi connectivity index (χ3v) is 5.80. The Hall–Kier alpha value is -3.86. The molecule has 0 radical (unpaired) electrons. The molecule has 5 rings (SSSR count). The Morgan fingerprint density at radius 3 is 2.69 bits per heavy atom. The highest BCUT2D eigenvalue weighted by Crippen LogP contribution is 2.32. The van der Waals surface area contributed by atoms with E-state index in [0.717, 1.165) is 11.1 Å². The summed E-state index contributed by atoms with van der Waals surface area (Å²) in [6.07, 6.45) is 1.86. The molecule has 0 saturated heterocycles. The number of benzene rings is 1. The molecule has 0 saturated carbocycles. The fourth-order valence-corrected chi connectivity index (χ4v) is 4.09. The predicted octanol–water partition coefficient (Wildman–Crippen LogP) is 3.65. The first-order valence-electron chi connectivity index (χ1n) is 10.8. The Kier molecular flexibility index (Phi) is 5.93. The van der Waals surface area contributed by atoms with Crippen LogP contribution in [-0.2, 0) is 4.84 Å². The van der Waals surface area contributed by atoms with E-state index in [1.165, 1.54) is 0 Å². The van der Waals surface area contributed by atoms with Crippen molar-refractivity contribution in [3.63, 3.8) is 0 Å². The molecule has 178 valence electrons. The number of fused-ring (bicyclic) bond motifs is 1. The van der Waals surface area contributed by atoms with Crippen LogP contribution in [0.25, 0.3) is 22.6 Å². The number of aliphatic hydroxyl groups is 1. The summed E-state index contributed by atoms with van der Waals surface area (Å²) < 4.78 is 6.28. The lowest BCUT2D eigenvalue weighted by Gasteiger charge is -2.20. The zero-order chi connectivity index (χ0) is 24.7. The van der Waals surface area contributed by atoms with Gasteiger partial charge in [-0.1, -0.05) is 17.7 Å². The van der Waals surface area contributed by atoms with Crippen LogP contribution in [0.3, 0.4) is 0 Å². The SMILES string of the molecule is Cc1cc([C@@H](C)Nc2ccc(Cl)nc2C2=NC(O)ON2)c2oc(-c3ncccn3)c(C)c(=O)c2c1. The lowest BCUT2D eigenvalue weighted by atomic mass is 9.99. The summed E-state index contributed by atoms with van der Waals surface area (Å²) in [5.74, 6) is 0.892. The number of amidine groups is 1. The van der Waals surface area contributed by atoms with Gasteiger partial charge >= 0.3 is 0 Å². The summed E-state index contributed by atoms with van der Waals surface area (Å²) in [4.78, 5) is 35.0. The zero-order valence-electron chi connectivity index (χ0n) is 19.0. The van der Waals surface area contributed by atoms with Gasteiger partial charge in [0.1, 0.15) is 16.4 Å². The minimum absolute atomic E-state index is 0.143. The number of halogens is 1. The van der Waals surface area contributed by atoms with Crippen LogP contribution in [0, 0.1) is 13.8 Å². The van der Waals surface area contributed by atoms with Crippen LogP contribution in [0.1, 0.15) is 35.3 Å². The molecule has 35 heavy (non-hydrogen) atoms. The van der Waals surface area contributed by atoms with Crippen molar-refractivity contribution in [2.75, 3.05) is 5.32 Å². The van der Waals surface area contributed by atoms with Crippen LogP contribution >= 0.6 is 11.6 Å². The molecule has 11 heteroatoms. The molecule has 4 aromatic rings. The Morgan fingerprint density at radius 1 is 1.20 bits per heavy atom. The smallest absolute Gasteiger partial charge is 0.280 e. The second kappa shape index (κ2) is 9.06. The normalized spacial score (nSPS) is 16.1. The van der Waals surface area contributed by atoms with E-state index in [2.05, 4.69) is 30.7 Å². The van der Waals surface area contributed by atoms with E-state index in [9.17, 15) is 9.90 Å². The maximum Gasteiger partial charge on any atom is 0.280 e. The van der Waals surface area contributed by atoms with Gasteiger partial charge in [0.05, 0.1) is 17.1 Å². The maximum absolute atomic E-state index is 13.3. The largest absolute Gasteiger partial charge is 0.452 e. The number of aliphatic hydroxyl groups excluding tert-OH is 1. The van der Waals surface area contributed by atoms with Crippen molar-refractivity contribution in [3.8, 4) is 11.6 Å². The molecule has 4 heterocycles. The number of nitrogens with zero attached hydrogens (tertiary/aromatic N) is 4. The fraction of sp³-hybridized carbons (Fsp3) is 0.208. The number of nitrogens with one attached hydrogen (secondary N) is 2. The topological polar surface area (TPSA) is 135 Å². The molecule has 1 unspecified atom stereocenters. The number of pyridine rings is 1. The molecule has 0 amide bonds. The maximum atomic E-state index is 13.3. The van der Waals surface area contributed by atoms with Gasteiger partial charge in [-0.2, -0.15) is 0 Å². The molecule has 1 aromatic carbocycles. The summed E-state index contributed by atoms with van der Waals surface area (Å²) >= 11 is 6.11. The summed E-state index contributed by atoms with van der Waals surface area (Å²) in [5.41, 5.74) is 5.90. The van der Waals surface area contributed by atoms with Crippen LogP contribution in [0.15, 0.2) is 56.9 Å². The number of aryl methyl sites for hydroxylation is 1. The molecule has 0 spiro atoms. The predicted molar refractivity (Wildman–Crippen MR) is 131 cm³/mol. The first-order chi connectivity index (χ1) is 16.8. The summed E-state index contributed by atoms with van der Waals surface area (Å²) in [7, 11) is 0. The molecular formula is C24H21ClN6O4. The van der Waals surface area contributed by atoms with Crippen molar-refractivity contribution >= 4 is 34.1 Å².